The molecule has 0 aromatic heterocycles. The van der Waals surface area contributed by atoms with E-state index in [9.17, 15) is 10.1 Å². The highest BCUT2D eigenvalue weighted by atomic mass is 79.9. The standard InChI is InChI=1S/C14H12BrNO3/c1-10-8-12(15)4-7-14(10)19-9-11-2-5-13(6-3-11)16(17)18/h2-8H,9H2,1H3. The summed E-state index contributed by atoms with van der Waals surface area (Å²) in [6.45, 7) is 2.36. The summed E-state index contributed by atoms with van der Waals surface area (Å²) in [5.74, 6) is 0.807. The Bertz CT molecular complexity index is 596. The van der Waals surface area contributed by atoms with Gasteiger partial charge in [-0.25, -0.2) is 0 Å². The van der Waals surface area contributed by atoms with Gasteiger partial charge < -0.3 is 4.74 Å². The number of nitro benzene ring substituents is 1. The Morgan fingerprint density at radius 3 is 2.47 bits per heavy atom. The second-order valence-corrected chi connectivity index (χ2v) is 5.04. The van der Waals surface area contributed by atoms with Crippen molar-refractivity contribution in [2.75, 3.05) is 0 Å². The minimum Gasteiger partial charge on any atom is -0.489 e. The van der Waals surface area contributed by atoms with Gasteiger partial charge in [0.1, 0.15) is 12.4 Å². The van der Waals surface area contributed by atoms with Crippen molar-refractivity contribution < 1.29 is 9.66 Å². The van der Waals surface area contributed by atoms with E-state index in [1.807, 2.05) is 25.1 Å². The second-order valence-electron chi connectivity index (χ2n) is 4.12. The van der Waals surface area contributed by atoms with Crippen molar-refractivity contribution in [1.29, 1.82) is 0 Å². The predicted molar refractivity (Wildman–Crippen MR) is 76.3 cm³/mol. The van der Waals surface area contributed by atoms with E-state index in [-0.39, 0.29) is 5.69 Å². The first kappa shape index (κ1) is 13.5. The summed E-state index contributed by atoms with van der Waals surface area (Å²) in [4.78, 5) is 10.1. The number of benzene rings is 2. The summed E-state index contributed by atoms with van der Waals surface area (Å²) in [6.07, 6.45) is 0. The van der Waals surface area contributed by atoms with Gasteiger partial charge in [-0.15, -0.1) is 0 Å². The van der Waals surface area contributed by atoms with Crippen molar-refractivity contribution in [3.63, 3.8) is 0 Å². The molecule has 0 N–H and O–H groups in total. The van der Waals surface area contributed by atoms with Crippen LogP contribution in [0.25, 0.3) is 0 Å². The van der Waals surface area contributed by atoms with Gasteiger partial charge in [0.15, 0.2) is 0 Å². The monoisotopic (exact) mass is 321 g/mol. The van der Waals surface area contributed by atoms with Gasteiger partial charge in [-0.05, 0) is 48.4 Å². The Labute approximate surface area is 119 Å². The van der Waals surface area contributed by atoms with Gasteiger partial charge in [0.2, 0.25) is 0 Å². The highest BCUT2D eigenvalue weighted by Crippen LogP contribution is 2.23. The van der Waals surface area contributed by atoms with Crippen LogP contribution in [-0.4, -0.2) is 4.92 Å². The normalized spacial score (nSPS) is 10.2. The third kappa shape index (κ3) is 3.54. The lowest BCUT2D eigenvalue weighted by Gasteiger charge is -2.09. The Balaban J connectivity index is 2.04. The van der Waals surface area contributed by atoms with Crippen LogP contribution in [0.2, 0.25) is 0 Å². The molecule has 4 nitrogen and oxygen atoms in total. The number of non-ortho nitro benzene ring substituents is 1. The van der Waals surface area contributed by atoms with Gasteiger partial charge in [-0.1, -0.05) is 15.9 Å². The molecular weight excluding hydrogens is 310 g/mol. The van der Waals surface area contributed by atoms with Crippen LogP contribution in [-0.2, 0) is 6.61 Å². The fourth-order valence-electron chi connectivity index (χ4n) is 1.65. The molecule has 0 radical (unpaired) electrons. The lowest BCUT2D eigenvalue weighted by Crippen LogP contribution is -1.97. The maximum atomic E-state index is 10.5. The summed E-state index contributed by atoms with van der Waals surface area (Å²) in [5.41, 5.74) is 2.02. The third-order valence-corrected chi connectivity index (χ3v) is 3.17. The van der Waals surface area contributed by atoms with Crippen LogP contribution in [0.15, 0.2) is 46.9 Å². The van der Waals surface area contributed by atoms with E-state index in [2.05, 4.69) is 15.9 Å². The highest BCUT2D eigenvalue weighted by Gasteiger charge is 2.05. The smallest absolute Gasteiger partial charge is 0.269 e. The van der Waals surface area contributed by atoms with Crippen LogP contribution in [0.5, 0.6) is 5.75 Å². The molecule has 0 aliphatic heterocycles. The molecule has 0 heterocycles. The number of rotatable bonds is 4. The molecule has 0 unspecified atom stereocenters. The minimum atomic E-state index is -0.413. The predicted octanol–water partition coefficient (Wildman–Crippen LogP) is 4.24. The first-order valence-electron chi connectivity index (χ1n) is 5.68. The summed E-state index contributed by atoms with van der Waals surface area (Å²) in [5, 5.41) is 10.5. The summed E-state index contributed by atoms with van der Waals surface area (Å²) < 4.78 is 6.69. The van der Waals surface area contributed by atoms with E-state index >= 15 is 0 Å². The molecule has 0 spiro atoms. The summed E-state index contributed by atoms with van der Waals surface area (Å²) in [7, 11) is 0. The second kappa shape index (κ2) is 5.84. The van der Waals surface area contributed by atoms with Gasteiger partial charge in [0.25, 0.3) is 5.69 Å². The molecule has 19 heavy (non-hydrogen) atoms. The van der Waals surface area contributed by atoms with Crippen molar-refractivity contribution in [1.82, 2.24) is 0 Å². The molecule has 0 bridgehead atoms. The molecule has 0 aliphatic rings. The van der Waals surface area contributed by atoms with Crippen LogP contribution in [0.1, 0.15) is 11.1 Å². The van der Waals surface area contributed by atoms with Crippen LogP contribution in [0.3, 0.4) is 0 Å². The lowest BCUT2D eigenvalue weighted by atomic mass is 10.2. The first-order chi connectivity index (χ1) is 9.06. The summed E-state index contributed by atoms with van der Waals surface area (Å²) >= 11 is 3.39. The van der Waals surface area contributed by atoms with E-state index in [1.165, 1.54) is 12.1 Å². The van der Waals surface area contributed by atoms with E-state index in [0.717, 1.165) is 21.3 Å². The number of hydrogen-bond donors (Lipinski definition) is 0. The molecule has 0 amide bonds. The number of nitro groups is 1. The van der Waals surface area contributed by atoms with E-state index in [4.69, 9.17) is 4.74 Å². The van der Waals surface area contributed by atoms with Crippen LogP contribution < -0.4 is 4.74 Å². The van der Waals surface area contributed by atoms with E-state index < -0.39 is 4.92 Å². The van der Waals surface area contributed by atoms with Gasteiger partial charge in [0.05, 0.1) is 4.92 Å². The number of nitrogens with zero attached hydrogens (tertiary/aromatic N) is 1. The van der Waals surface area contributed by atoms with Crippen molar-refractivity contribution in [2.45, 2.75) is 13.5 Å². The Morgan fingerprint density at radius 1 is 1.21 bits per heavy atom. The Hall–Kier alpha value is -1.88. The SMILES string of the molecule is Cc1cc(Br)ccc1OCc1ccc([N+](=O)[O-])cc1. The average Bonchev–Trinajstić information content (AvgIpc) is 2.38. The minimum absolute atomic E-state index is 0.0866. The fraction of sp³-hybridized carbons (Fsp3) is 0.143. The first-order valence-corrected chi connectivity index (χ1v) is 6.48. The number of aryl methyl sites for hydroxylation is 1. The molecule has 2 aromatic rings. The molecule has 2 aromatic carbocycles. The zero-order valence-electron chi connectivity index (χ0n) is 10.3. The zero-order valence-corrected chi connectivity index (χ0v) is 11.9. The quantitative estimate of drug-likeness (QED) is 0.625. The van der Waals surface area contributed by atoms with Crippen molar-refractivity contribution in [2.24, 2.45) is 0 Å². The maximum Gasteiger partial charge on any atom is 0.269 e. The largest absolute Gasteiger partial charge is 0.489 e. The number of ether oxygens (including phenoxy) is 1. The van der Waals surface area contributed by atoms with Crippen LogP contribution >= 0.6 is 15.9 Å². The Kier molecular flexibility index (Phi) is 4.16. The molecule has 0 saturated heterocycles. The molecular formula is C14H12BrNO3. The topological polar surface area (TPSA) is 52.4 Å². The fourth-order valence-corrected chi connectivity index (χ4v) is 2.13. The molecule has 0 saturated carbocycles. The van der Waals surface area contributed by atoms with E-state index in [1.54, 1.807) is 12.1 Å². The van der Waals surface area contributed by atoms with Crippen molar-refractivity contribution in [3.05, 3.63) is 68.2 Å². The van der Waals surface area contributed by atoms with Crippen molar-refractivity contribution in [3.8, 4) is 5.75 Å². The Morgan fingerprint density at radius 2 is 1.89 bits per heavy atom. The van der Waals surface area contributed by atoms with Gasteiger partial charge in [-0.2, -0.15) is 0 Å². The number of halogens is 1. The molecule has 0 atom stereocenters. The molecule has 5 heteroatoms. The van der Waals surface area contributed by atoms with Crippen LogP contribution in [0.4, 0.5) is 5.69 Å². The van der Waals surface area contributed by atoms with Gasteiger partial charge >= 0.3 is 0 Å². The maximum absolute atomic E-state index is 10.5. The zero-order chi connectivity index (χ0) is 13.8. The van der Waals surface area contributed by atoms with Gasteiger partial charge in [-0.3, -0.25) is 10.1 Å². The summed E-state index contributed by atoms with van der Waals surface area (Å²) in [6, 6.07) is 12.1. The third-order valence-electron chi connectivity index (χ3n) is 2.68. The average molecular weight is 322 g/mol. The van der Waals surface area contributed by atoms with E-state index in [0.29, 0.717) is 6.61 Å². The van der Waals surface area contributed by atoms with Crippen molar-refractivity contribution >= 4 is 21.6 Å². The lowest BCUT2D eigenvalue weighted by molar-refractivity contribution is -0.384. The van der Waals surface area contributed by atoms with Crippen LogP contribution in [0, 0.1) is 17.0 Å². The highest BCUT2D eigenvalue weighted by molar-refractivity contribution is 9.10. The molecule has 98 valence electrons. The van der Waals surface area contributed by atoms with Gasteiger partial charge in [0, 0.05) is 16.6 Å². The molecule has 0 aliphatic carbocycles. The molecule has 2 rings (SSSR count). The number of hydrogen-bond acceptors (Lipinski definition) is 3. The molecule has 0 fully saturated rings.